The lowest BCUT2D eigenvalue weighted by Gasteiger charge is -2.16. The Morgan fingerprint density at radius 3 is 2.45 bits per heavy atom. The van der Waals surface area contributed by atoms with E-state index in [9.17, 15) is 9.59 Å². The summed E-state index contributed by atoms with van der Waals surface area (Å²) in [6, 6.07) is 12.3. The molecule has 2 aromatic carbocycles. The highest BCUT2D eigenvalue weighted by Crippen LogP contribution is 2.36. The van der Waals surface area contributed by atoms with Gasteiger partial charge >= 0.3 is 0 Å². The number of benzene rings is 2. The molecular formula is C15H12N2O2S. The number of hydrogen-bond acceptors (Lipinski definition) is 4. The molecular weight excluding hydrogens is 272 g/mol. The standard InChI is InChI=1S/C15H12N2O2S/c1-20-12-8-3-2-7-11(12)17-14(18)9-5-4-6-10(16)13(9)15(17)19/h2-8H,16H2,1H3. The van der Waals surface area contributed by atoms with Crippen LogP contribution in [0.5, 0.6) is 0 Å². The molecule has 1 heterocycles. The van der Waals surface area contributed by atoms with E-state index in [0.29, 0.717) is 22.5 Å². The summed E-state index contributed by atoms with van der Waals surface area (Å²) in [5, 5.41) is 0. The third kappa shape index (κ3) is 1.71. The number of nitrogens with two attached hydrogens (primary N) is 1. The number of para-hydroxylation sites is 1. The first-order valence-corrected chi connectivity index (χ1v) is 7.28. The van der Waals surface area contributed by atoms with Crippen molar-refractivity contribution in [1.82, 2.24) is 0 Å². The predicted molar refractivity (Wildman–Crippen MR) is 80.2 cm³/mol. The summed E-state index contributed by atoms with van der Waals surface area (Å²) in [5.74, 6) is -0.677. The maximum Gasteiger partial charge on any atom is 0.268 e. The van der Waals surface area contributed by atoms with E-state index in [4.69, 9.17) is 5.73 Å². The fourth-order valence-corrected chi connectivity index (χ4v) is 2.93. The first-order chi connectivity index (χ1) is 9.65. The number of rotatable bonds is 2. The van der Waals surface area contributed by atoms with Crippen molar-refractivity contribution >= 4 is 35.0 Å². The van der Waals surface area contributed by atoms with E-state index in [0.717, 1.165) is 4.90 Å². The summed E-state index contributed by atoms with van der Waals surface area (Å²) in [7, 11) is 0. The number of fused-ring (bicyclic) bond motifs is 1. The van der Waals surface area contributed by atoms with Crippen LogP contribution in [0.3, 0.4) is 0 Å². The van der Waals surface area contributed by atoms with E-state index in [1.54, 1.807) is 24.3 Å². The third-order valence-electron chi connectivity index (χ3n) is 3.27. The molecule has 2 aromatic rings. The molecule has 0 saturated carbocycles. The van der Waals surface area contributed by atoms with Crippen LogP contribution in [-0.4, -0.2) is 18.1 Å². The number of nitrogens with zero attached hydrogens (tertiary/aromatic N) is 1. The second kappa shape index (κ2) is 4.68. The molecule has 4 nitrogen and oxygen atoms in total. The van der Waals surface area contributed by atoms with Crippen molar-refractivity contribution in [3.05, 3.63) is 53.6 Å². The van der Waals surface area contributed by atoms with Crippen molar-refractivity contribution in [2.45, 2.75) is 4.90 Å². The number of anilines is 2. The van der Waals surface area contributed by atoms with E-state index >= 15 is 0 Å². The van der Waals surface area contributed by atoms with Gasteiger partial charge in [0.05, 0.1) is 16.8 Å². The minimum Gasteiger partial charge on any atom is -0.398 e. The lowest BCUT2D eigenvalue weighted by atomic mass is 10.1. The van der Waals surface area contributed by atoms with Gasteiger partial charge in [-0.25, -0.2) is 4.90 Å². The fourth-order valence-electron chi connectivity index (χ4n) is 2.34. The topological polar surface area (TPSA) is 63.4 Å². The Labute approximate surface area is 120 Å². The smallest absolute Gasteiger partial charge is 0.268 e. The van der Waals surface area contributed by atoms with Gasteiger partial charge in [-0.1, -0.05) is 18.2 Å². The molecule has 20 heavy (non-hydrogen) atoms. The van der Waals surface area contributed by atoms with Crippen LogP contribution < -0.4 is 10.6 Å². The van der Waals surface area contributed by atoms with Gasteiger partial charge in [0.1, 0.15) is 0 Å². The maximum atomic E-state index is 12.5. The molecule has 5 heteroatoms. The molecule has 2 amide bonds. The summed E-state index contributed by atoms with van der Waals surface area (Å²) >= 11 is 1.49. The lowest BCUT2D eigenvalue weighted by molar-refractivity contribution is 0.0926. The second-order valence-corrected chi connectivity index (χ2v) is 5.24. The summed E-state index contributed by atoms with van der Waals surface area (Å²) in [6.07, 6.45) is 1.91. The highest BCUT2D eigenvalue weighted by atomic mass is 32.2. The van der Waals surface area contributed by atoms with E-state index in [1.165, 1.54) is 16.7 Å². The van der Waals surface area contributed by atoms with Crippen LogP contribution >= 0.6 is 11.8 Å². The predicted octanol–water partition coefficient (Wildman–Crippen LogP) is 2.79. The van der Waals surface area contributed by atoms with Crippen LogP contribution in [0.4, 0.5) is 11.4 Å². The maximum absolute atomic E-state index is 12.5. The molecule has 0 saturated heterocycles. The number of carbonyl (C=O) groups excluding carboxylic acids is 2. The van der Waals surface area contributed by atoms with E-state index in [2.05, 4.69) is 0 Å². The molecule has 100 valence electrons. The Balaban J connectivity index is 2.17. The first kappa shape index (κ1) is 12.7. The highest BCUT2D eigenvalue weighted by molar-refractivity contribution is 7.98. The molecule has 3 rings (SSSR count). The minimum atomic E-state index is -0.357. The van der Waals surface area contributed by atoms with Crippen LogP contribution in [0.25, 0.3) is 0 Å². The lowest BCUT2D eigenvalue weighted by Crippen LogP contribution is -2.29. The Morgan fingerprint density at radius 2 is 1.75 bits per heavy atom. The summed E-state index contributed by atoms with van der Waals surface area (Å²) in [4.78, 5) is 27.1. The number of carbonyl (C=O) groups is 2. The second-order valence-electron chi connectivity index (χ2n) is 4.39. The Bertz CT molecular complexity index is 728. The molecule has 0 unspecified atom stereocenters. The zero-order valence-corrected chi connectivity index (χ0v) is 11.6. The Kier molecular flexibility index (Phi) is 2.99. The molecule has 0 atom stereocenters. The van der Waals surface area contributed by atoms with Gasteiger partial charge in [0.2, 0.25) is 0 Å². The number of thioether (sulfide) groups is 1. The van der Waals surface area contributed by atoms with Crippen LogP contribution in [0.15, 0.2) is 47.4 Å². The molecule has 0 fully saturated rings. The van der Waals surface area contributed by atoms with Crippen LogP contribution in [-0.2, 0) is 0 Å². The molecule has 0 bridgehead atoms. The zero-order valence-electron chi connectivity index (χ0n) is 10.8. The molecule has 0 spiro atoms. The summed E-state index contributed by atoms with van der Waals surface area (Å²) in [5.41, 5.74) is 7.44. The molecule has 1 aliphatic rings. The molecule has 1 aliphatic heterocycles. The van der Waals surface area contributed by atoms with E-state index in [-0.39, 0.29) is 11.8 Å². The van der Waals surface area contributed by atoms with Gasteiger partial charge in [-0.2, -0.15) is 0 Å². The van der Waals surface area contributed by atoms with Crippen molar-refractivity contribution in [3.63, 3.8) is 0 Å². The quantitative estimate of drug-likeness (QED) is 0.523. The molecule has 2 N–H and O–H groups in total. The summed E-state index contributed by atoms with van der Waals surface area (Å²) in [6.45, 7) is 0. The Morgan fingerprint density at radius 1 is 1.00 bits per heavy atom. The molecule has 0 aliphatic carbocycles. The van der Waals surface area contributed by atoms with Crippen molar-refractivity contribution in [2.24, 2.45) is 0 Å². The van der Waals surface area contributed by atoms with Crippen molar-refractivity contribution in [1.29, 1.82) is 0 Å². The van der Waals surface area contributed by atoms with Gasteiger partial charge in [-0.15, -0.1) is 11.8 Å². The van der Waals surface area contributed by atoms with Gasteiger partial charge in [0, 0.05) is 10.6 Å². The van der Waals surface area contributed by atoms with Gasteiger partial charge in [0.25, 0.3) is 11.8 Å². The SMILES string of the molecule is CSc1ccccc1N1C(=O)c2cccc(N)c2C1=O. The first-order valence-electron chi connectivity index (χ1n) is 6.05. The van der Waals surface area contributed by atoms with Gasteiger partial charge in [-0.05, 0) is 30.5 Å². The monoisotopic (exact) mass is 284 g/mol. The largest absolute Gasteiger partial charge is 0.398 e. The molecule has 0 radical (unpaired) electrons. The summed E-state index contributed by atoms with van der Waals surface area (Å²) < 4.78 is 0. The van der Waals surface area contributed by atoms with Gasteiger partial charge in [-0.3, -0.25) is 9.59 Å². The number of nitrogen functional groups attached to an aromatic ring is 1. The number of amides is 2. The average molecular weight is 284 g/mol. The Hall–Kier alpha value is -2.27. The van der Waals surface area contributed by atoms with Crippen LogP contribution in [0.1, 0.15) is 20.7 Å². The van der Waals surface area contributed by atoms with Gasteiger partial charge in [0.15, 0.2) is 0 Å². The highest BCUT2D eigenvalue weighted by Gasteiger charge is 2.38. The number of hydrogen-bond donors (Lipinski definition) is 1. The van der Waals surface area contributed by atoms with Crippen LogP contribution in [0, 0.1) is 0 Å². The third-order valence-corrected chi connectivity index (χ3v) is 4.06. The average Bonchev–Trinajstić information content (AvgIpc) is 2.72. The minimum absolute atomic E-state index is 0.299. The van der Waals surface area contributed by atoms with Crippen LogP contribution in [0.2, 0.25) is 0 Å². The number of imide groups is 1. The fraction of sp³-hybridized carbons (Fsp3) is 0.0667. The normalized spacial score (nSPS) is 13.8. The van der Waals surface area contributed by atoms with Crippen molar-refractivity contribution in [2.75, 3.05) is 16.9 Å². The van der Waals surface area contributed by atoms with Crippen molar-refractivity contribution in [3.8, 4) is 0 Å². The van der Waals surface area contributed by atoms with E-state index in [1.807, 2.05) is 24.5 Å². The van der Waals surface area contributed by atoms with E-state index < -0.39 is 0 Å². The molecule has 0 aromatic heterocycles. The van der Waals surface area contributed by atoms with Gasteiger partial charge < -0.3 is 5.73 Å². The zero-order chi connectivity index (χ0) is 14.3. The van der Waals surface area contributed by atoms with Crippen molar-refractivity contribution < 1.29 is 9.59 Å².